The van der Waals surface area contributed by atoms with Gasteiger partial charge in [-0.3, -0.25) is 5.21 Å². The lowest BCUT2D eigenvalue weighted by Crippen LogP contribution is -2.14. The molecule has 2 heteroatoms. The predicted molar refractivity (Wildman–Crippen MR) is 60.7 cm³/mol. The van der Waals surface area contributed by atoms with E-state index in [4.69, 9.17) is 0 Å². The van der Waals surface area contributed by atoms with Crippen LogP contribution in [0.4, 0.5) is 0 Å². The van der Waals surface area contributed by atoms with Gasteiger partial charge in [0.25, 0.3) is 0 Å². The SMILES string of the molecule is C=C/C=C\C(=C/C)N(O)C(=C)/C=C\C. The molecule has 0 aliphatic rings. The minimum absolute atomic E-state index is 0.523. The quantitative estimate of drug-likeness (QED) is 0.531. The van der Waals surface area contributed by atoms with Crippen molar-refractivity contribution in [3.8, 4) is 0 Å². The van der Waals surface area contributed by atoms with Gasteiger partial charge in [0.2, 0.25) is 0 Å². The first-order valence-electron chi connectivity index (χ1n) is 4.43. The van der Waals surface area contributed by atoms with Crippen LogP contribution in [0.5, 0.6) is 0 Å². The molecule has 0 aromatic rings. The fourth-order valence-corrected chi connectivity index (χ4v) is 0.885. The van der Waals surface area contributed by atoms with Crippen LogP contribution in [0.25, 0.3) is 0 Å². The number of allylic oxidation sites excluding steroid dienone is 6. The smallest absolute Gasteiger partial charge is 0.0650 e. The van der Waals surface area contributed by atoms with Crippen molar-refractivity contribution in [2.75, 3.05) is 0 Å². The van der Waals surface area contributed by atoms with Crippen molar-refractivity contribution in [3.05, 3.63) is 61.0 Å². The van der Waals surface area contributed by atoms with Crippen LogP contribution in [-0.2, 0) is 0 Å². The van der Waals surface area contributed by atoms with E-state index >= 15 is 0 Å². The van der Waals surface area contributed by atoms with Crippen LogP contribution in [0.2, 0.25) is 0 Å². The van der Waals surface area contributed by atoms with Gasteiger partial charge in [-0.15, -0.1) is 0 Å². The number of hydroxylamine groups is 2. The zero-order valence-corrected chi connectivity index (χ0v) is 8.77. The lowest BCUT2D eigenvalue weighted by molar-refractivity contribution is -0.00969. The summed E-state index contributed by atoms with van der Waals surface area (Å²) < 4.78 is 0. The molecular weight excluding hydrogens is 174 g/mol. The molecule has 0 spiro atoms. The standard InChI is InChI=1S/C12H17NO/c1-5-8-10-12(7-3)13(14)11(4)9-6-2/h5-10,14H,1,4H2,2-3H3/b9-6-,10-8-,12-7+. The number of hydrogen-bond acceptors (Lipinski definition) is 2. The highest BCUT2D eigenvalue weighted by molar-refractivity contribution is 5.25. The third-order valence-electron chi connectivity index (χ3n) is 1.57. The van der Waals surface area contributed by atoms with Gasteiger partial charge >= 0.3 is 0 Å². The Morgan fingerprint density at radius 1 is 1.29 bits per heavy atom. The van der Waals surface area contributed by atoms with Gasteiger partial charge in [-0.25, -0.2) is 5.06 Å². The van der Waals surface area contributed by atoms with Crippen molar-refractivity contribution >= 4 is 0 Å². The molecule has 0 aliphatic carbocycles. The predicted octanol–water partition coefficient (Wildman–Crippen LogP) is 3.41. The summed E-state index contributed by atoms with van der Waals surface area (Å²) in [5.41, 5.74) is 1.18. The van der Waals surface area contributed by atoms with Crippen LogP contribution in [0.1, 0.15) is 13.8 Å². The summed E-state index contributed by atoms with van der Waals surface area (Å²) in [5.74, 6) is 0. The molecular formula is C12H17NO. The van der Waals surface area contributed by atoms with Gasteiger partial charge in [-0.2, -0.15) is 0 Å². The zero-order valence-electron chi connectivity index (χ0n) is 8.77. The molecule has 2 nitrogen and oxygen atoms in total. The van der Waals surface area contributed by atoms with Gasteiger partial charge < -0.3 is 0 Å². The molecule has 0 unspecified atom stereocenters. The largest absolute Gasteiger partial charge is 0.284 e. The fourth-order valence-electron chi connectivity index (χ4n) is 0.885. The molecule has 0 fully saturated rings. The van der Waals surface area contributed by atoms with Crippen LogP contribution in [0, 0.1) is 0 Å². The van der Waals surface area contributed by atoms with E-state index in [0.29, 0.717) is 11.4 Å². The number of nitrogens with zero attached hydrogens (tertiary/aromatic N) is 1. The van der Waals surface area contributed by atoms with Crippen molar-refractivity contribution in [1.82, 2.24) is 5.06 Å². The van der Waals surface area contributed by atoms with Gasteiger partial charge in [0.1, 0.15) is 0 Å². The molecule has 14 heavy (non-hydrogen) atoms. The molecule has 0 saturated heterocycles. The fraction of sp³-hybridized carbons (Fsp3) is 0.167. The van der Waals surface area contributed by atoms with Crippen molar-refractivity contribution in [3.63, 3.8) is 0 Å². The molecule has 0 amide bonds. The molecule has 1 N–H and O–H groups in total. The van der Waals surface area contributed by atoms with E-state index in [1.54, 1.807) is 30.4 Å². The van der Waals surface area contributed by atoms with Crippen molar-refractivity contribution < 1.29 is 5.21 Å². The third-order valence-corrected chi connectivity index (χ3v) is 1.57. The van der Waals surface area contributed by atoms with E-state index in [1.165, 1.54) is 0 Å². The van der Waals surface area contributed by atoms with Gasteiger partial charge in [0.15, 0.2) is 0 Å². The molecule has 0 atom stereocenters. The Hall–Kier alpha value is -1.54. The first kappa shape index (κ1) is 12.5. The average molecular weight is 191 g/mol. The highest BCUT2D eigenvalue weighted by Crippen LogP contribution is 2.10. The maximum Gasteiger partial charge on any atom is 0.0650 e. The van der Waals surface area contributed by atoms with E-state index in [9.17, 15) is 5.21 Å². The Labute approximate surface area is 85.8 Å². The van der Waals surface area contributed by atoms with E-state index < -0.39 is 0 Å². The topological polar surface area (TPSA) is 23.5 Å². The summed E-state index contributed by atoms with van der Waals surface area (Å²) in [6.45, 7) is 11.0. The Bertz CT molecular complexity index is 285. The van der Waals surface area contributed by atoms with Gasteiger partial charge in [-0.05, 0) is 26.0 Å². The molecule has 0 heterocycles. The first-order valence-corrected chi connectivity index (χ1v) is 4.43. The second-order valence-electron chi connectivity index (χ2n) is 2.61. The van der Waals surface area contributed by atoms with Crippen molar-refractivity contribution in [2.24, 2.45) is 0 Å². The van der Waals surface area contributed by atoms with E-state index in [-0.39, 0.29) is 0 Å². The van der Waals surface area contributed by atoms with Gasteiger partial charge in [0.05, 0.1) is 11.4 Å². The molecule has 0 aliphatic heterocycles. The van der Waals surface area contributed by atoms with Gasteiger partial charge in [0, 0.05) is 0 Å². The minimum Gasteiger partial charge on any atom is -0.284 e. The summed E-state index contributed by atoms with van der Waals surface area (Å²) in [6.07, 6.45) is 10.5. The van der Waals surface area contributed by atoms with Crippen LogP contribution in [-0.4, -0.2) is 10.3 Å². The van der Waals surface area contributed by atoms with Crippen molar-refractivity contribution in [1.29, 1.82) is 0 Å². The molecule has 0 rings (SSSR count). The second kappa shape index (κ2) is 6.92. The highest BCUT2D eigenvalue weighted by Gasteiger charge is 2.03. The van der Waals surface area contributed by atoms with E-state index in [0.717, 1.165) is 5.06 Å². The number of rotatable bonds is 5. The first-order chi connectivity index (χ1) is 6.67. The maximum absolute atomic E-state index is 9.66. The van der Waals surface area contributed by atoms with Crippen LogP contribution in [0.15, 0.2) is 61.0 Å². The molecule has 0 aromatic carbocycles. The second-order valence-corrected chi connectivity index (χ2v) is 2.61. The third kappa shape index (κ3) is 3.92. The molecule has 0 radical (unpaired) electrons. The summed E-state index contributed by atoms with van der Waals surface area (Å²) >= 11 is 0. The lowest BCUT2D eigenvalue weighted by atomic mass is 10.3. The summed E-state index contributed by atoms with van der Waals surface area (Å²) in [5, 5.41) is 10.7. The molecule has 0 saturated carbocycles. The summed E-state index contributed by atoms with van der Waals surface area (Å²) in [6, 6.07) is 0. The van der Waals surface area contributed by atoms with Gasteiger partial charge in [-0.1, -0.05) is 37.5 Å². The van der Waals surface area contributed by atoms with Crippen molar-refractivity contribution in [2.45, 2.75) is 13.8 Å². The Morgan fingerprint density at radius 2 is 1.93 bits per heavy atom. The van der Waals surface area contributed by atoms with Crippen LogP contribution >= 0.6 is 0 Å². The normalized spacial score (nSPS) is 12.4. The summed E-state index contributed by atoms with van der Waals surface area (Å²) in [7, 11) is 0. The summed E-state index contributed by atoms with van der Waals surface area (Å²) in [4.78, 5) is 0. The van der Waals surface area contributed by atoms with E-state index in [2.05, 4.69) is 13.2 Å². The lowest BCUT2D eigenvalue weighted by Gasteiger charge is -2.17. The van der Waals surface area contributed by atoms with E-state index in [1.807, 2.05) is 19.9 Å². The molecule has 0 bridgehead atoms. The minimum atomic E-state index is 0.523. The Balaban J connectivity index is 4.63. The maximum atomic E-state index is 9.66. The van der Waals surface area contributed by atoms with Crippen LogP contribution in [0.3, 0.4) is 0 Å². The Kier molecular flexibility index (Phi) is 6.16. The Morgan fingerprint density at radius 3 is 2.36 bits per heavy atom. The monoisotopic (exact) mass is 191 g/mol. The number of hydrogen-bond donors (Lipinski definition) is 1. The molecule has 76 valence electrons. The van der Waals surface area contributed by atoms with Crippen LogP contribution < -0.4 is 0 Å². The molecule has 0 aromatic heterocycles. The zero-order chi connectivity index (χ0) is 11.0. The average Bonchev–Trinajstić information content (AvgIpc) is 2.19. The highest BCUT2D eigenvalue weighted by atomic mass is 16.5.